The number of nitrogens with one attached hydrogen (secondary N) is 2. The van der Waals surface area contributed by atoms with Crippen LogP contribution in [0, 0.1) is 17.3 Å². The molecule has 2 aliphatic carbocycles. The molecule has 2 bridgehead atoms. The van der Waals surface area contributed by atoms with E-state index in [9.17, 15) is 4.79 Å². The Kier molecular flexibility index (Phi) is 4.82. The van der Waals surface area contributed by atoms with Crippen LogP contribution in [0.25, 0.3) is 0 Å². The third-order valence-corrected chi connectivity index (χ3v) is 5.68. The fourth-order valence-electron chi connectivity index (χ4n) is 4.62. The van der Waals surface area contributed by atoms with E-state index in [1.807, 2.05) is 7.05 Å². The summed E-state index contributed by atoms with van der Waals surface area (Å²) in [6.45, 7) is 1.74. The van der Waals surface area contributed by atoms with Gasteiger partial charge >= 0.3 is 0 Å². The van der Waals surface area contributed by atoms with Gasteiger partial charge in [-0.25, -0.2) is 0 Å². The van der Waals surface area contributed by atoms with E-state index in [0.29, 0.717) is 11.8 Å². The van der Waals surface area contributed by atoms with Crippen LogP contribution in [0.3, 0.4) is 0 Å². The first kappa shape index (κ1) is 15.5. The van der Waals surface area contributed by atoms with Crippen molar-refractivity contribution in [3.8, 4) is 0 Å². The normalized spacial score (nSPS) is 29.7. The smallest absolute Gasteiger partial charge is 0.226 e. The number of rotatable bonds is 7. The van der Waals surface area contributed by atoms with Crippen LogP contribution in [0.4, 0.5) is 0 Å². The fourth-order valence-corrected chi connectivity index (χ4v) is 4.62. The lowest BCUT2D eigenvalue weighted by Gasteiger charge is -2.36. The van der Waals surface area contributed by atoms with Crippen molar-refractivity contribution < 1.29 is 4.79 Å². The van der Waals surface area contributed by atoms with Crippen molar-refractivity contribution >= 4 is 5.91 Å². The summed E-state index contributed by atoms with van der Waals surface area (Å²) in [6.07, 6.45) is 6.82. The molecule has 0 aromatic heterocycles. The minimum Gasteiger partial charge on any atom is -0.356 e. The van der Waals surface area contributed by atoms with Gasteiger partial charge < -0.3 is 10.6 Å². The predicted molar refractivity (Wildman–Crippen MR) is 89.6 cm³/mol. The van der Waals surface area contributed by atoms with Crippen LogP contribution in [0.5, 0.6) is 0 Å². The Morgan fingerprint density at radius 1 is 1.23 bits per heavy atom. The molecule has 1 aromatic rings. The van der Waals surface area contributed by atoms with Gasteiger partial charge in [0, 0.05) is 6.54 Å². The van der Waals surface area contributed by atoms with E-state index >= 15 is 0 Å². The highest BCUT2D eigenvalue weighted by Crippen LogP contribution is 2.57. The van der Waals surface area contributed by atoms with Gasteiger partial charge in [0.25, 0.3) is 0 Å². The summed E-state index contributed by atoms with van der Waals surface area (Å²) < 4.78 is 0. The van der Waals surface area contributed by atoms with Crippen LogP contribution in [0.1, 0.15) is 37.7 Å². The quantitative estimate of drug-likeness (QED) is 0.760. The summed E-state index contributed by atoms with van der Waals surface area (Å²) in [4.78, 5) is 13.0. The second kappa shape index (κ2) is 6.82. The van der Waals surface area contributed by atoms with Gasteiger partial charge in [-0.15, -0.1) is 0 Å². The minimum absolute atomic E-state index is 0.149. The maximum Gasteiger partial charge on any atom is 0.226 e. The Labute approximate surface area is 133 Å². The summed E-state index contributed by atoms with van der Waals surface area (Å²) in [7, 11) is 1.95. The molecular weight excluding hydrogens is 272 g/mol. The van der Waals surface area contributed by atoms with Crippen molar-refractivity contribution in [3.05, 3.63) is 35.9 Å². The molecule has 120 valence electrons. The molecule has 3 rings (SSSR count). The van der Waals surface area contributed by atoms with Gasteiger partial charge in [0.2, 0.25) is 5.91 Å². The van der Waals surface area contributed by atoms with Gasteiger partial charge in [-0.05, 0) is 63.1 Å². The average Bonchev–Trinajstić information content (AvgIpc) is 3.14. The molecule has 1 amide bonds. The minimum atomic E-state index is -0.149. The molecule has 0 aliphatic heterocycles. The number of hydrogen-bond donors (Lipinski definition) is 2. The van der Waals surface area contributed by atoms with Gasteiger partial charge in [0.05, 0.1) is 5.41 Å². The molecule has 0 spiro atoms. The van der Waals surface area contributed by atoms with E-state index in [1.54, 1.807) is 0 Å². The first-order chi connectivity index (χ1) is 10.7. The number of hydrogen-bond acceptors (Lipinski definition) is 2. The highest BCUT2D eigenvalue weighted by molar-refractivity contribution is 5.84. The van der Waals surface area contributed by atoms with Crippen molar-refractivity contribution in [1.29, 1.82) is 0 Å². The monoisotopic (exact) mass is 300 g/mol. The van der Waals surface area contributed by atoms with Crippen LogP contribution < -0.4 is 10.6 Å². The molecule has 3 atom stereocenters. The zero-order valence-corrected chi connectivity index (χ0v) is 13.6. The molecule has 3 nitrogen and oxygen atoms in total. The standard InChI is InChI=1S/C19H28N2O/c1-20-10-5-11-21-18(22)19(13-15-6-3-2-4-7-15)14-16-8-9-17(19)12-16/h2-4,6-7,16-17,20H,5,8-14H2,1H3,(H,21,22). The lowest BCUT2D eigenvalue weighted by molar-refractivity contribution is -0.134. The summed E-state index contributed by atoms with van der Waals surface area (Å²) in [6, 6.07) is 10.6. The Morgan fingerprint density at radius 2 is 2.05 bits per heavy atom. The third-order valence-electron chi connectivity index (χ3n) is 5.68. The first-order valence-electron chi connectivity index (χ1n) is 8.71. The largest absolute Gasteiger partial charge is 0.356 e. The predicted octanol–water partition coefficient (Wildman–Crippen LogP) is 2.76. The first-order valence-corrected chi connectivity index (χ1v) is 8.71. The van der Waals surface area contributed by atoms with Crippen molar-refractivity contribution in [2.45, 2.75) is 38.5 Å². The van der Waals surface area contributed by atoms with Gasteiger partial charge in [-0.3, -0.25) is 4.79 Å². The molecule has 22 heavy (non-hydrogen) atoms. The number of benzene rings is 1. The Balaban J connectivity index is 1.71. The SMILES string of the molecule is CNCCCNC(=O)C1(Cc2ccccc2)CC2CCC1C2. The molecule has 3 heteroatoms. The molecule has 1 aromatic carbocycles. The molecule has 0 saturated heterocycles. The van der Waals surface area contributed by atoms with Crippen LogP contribution in [-0.2, 0) is 11.2 Å². The second-order valence-corrected chi connectivity index (χ2v) is 7.11. The van der Waals surface area contributed by atoms with E-state index in [1.165, 1.54) is 24.8 Å². The van der Waals surface area contributed by atoms with Crippen LogP contribution in [-0.4, -0.2) is 26.0 Å². The maximum absolute atomic E-state index is 13.0. The fraction of sp³-hybridized carbons (Fsp3) is 0.632. The number of amides is 1. The number of carbonyl (C=O) groups excluding carboxylic acids is 1. The summed E-state index contributed by atoms with van der Waals surface area (Å²) in [5, 5.41) is 6.36. The average molecular weight is 300 g/mol. The molecule has 2 saturated carbocycles. The Hall–Kier alpha value is -1.35. The van der Waals surface area contributed by atoms with Crippen molar-refractivity contribution in [2.75, 3.05) is 20.1 Å². The maximum atomic E-state index is 13.0. The van der Waals surface area contributed by atoms with Crippen molar-refractivity contribution in [2.24, 2.45) is 17.3 Å². The highest BCUT2D eigenvalue weighted by atomic mass is 16.2. The van der Waals surface area contributed by atoms with Gasteiger partial charge in [-0.1, -0.05) is 36.8 Å². The van der Waals surface area contributed by atoms with Crippen LogP contribution in [0.15, 0.2) is 30.3 Å². The summed E-state index contributed by atoms with van der Waals surface area (Å²) in [5.74, 6) is 1.67. The van der Waals surface area contributed by atoms with E-state index in [4.69, 9.17) is 0 Å². The molecule has 2 N–H and O–H groups in total. The highest BCUT2D eigenvalue weighted by Gasteiger charge is 2.55. The van der Waals surface area contributed by atoms with Gasteiger partial charge in [-0.2, -0.15) is 0 Å². The molecule has 0 heterocycles. The van der Waals surface area contributed by atoms with Crippen LogP contribution in [0.2, 0.25) is 0 Å². The summed E-state index contributed by atoms with van der Waals surface area (Å²) >= 11 is 0. The van der Waals surface area contributed by atoms with Crippen molar-refractivity contribution in [3.63, 3.8) is 0 Å². The molecule has 0 radical (unpaired) electrons. The van der Waals surface area contributed by atoms with Gasteiger partial charge in [0.15, 0.2) is 0 Å². The summed E-state index contributed by atoms with van der Waals surface area (Å²) in [5.41, 5.74) is 1.16. The second-order valence-electron chi connectivity index (χ2n) is 7.11. The zero-order valence-electron chi connectivity index (χ0n) is 13.6. The Morgan fingerprint density at radius 3 is 2.68 bits per heavy atom. The molecular formula is C19H28N2O. The lowest BCUT2D eigenvalue weighted by Crippen LogP contribution is -2.46. The Bertz CT molecular complexity index is 501. The van der Waals surface area contributed by atoms with E-state index in [0.717, 1.165) is 38.3 Å². The zero-order chi connectivity index (χ0) is 15.4. The van der Waals surface area contributed by atoms with E-state index in [-0.39, 0.29) is 5.41 Å². The number of carbonyl (C=O) groups is 1. The number of fused-ring (bicyclic) bond motifs is 2. The van der Waals surface area contributed by atoms with E-state index in [2.05, 4.69) is 41.0 Å². The third kappa shape index (κ3) is 3.05. The van der Waals surface area contributed by atoms with E-state index < -0.39 is 0 Å². The lowest BCUT2D eigenvalue weighted by atomic mass is 9.68. The van der Waals surface area contributed by atoms with Crippen molar-refractivity contribution in [1.82, 2.24) is 10.6 Å². The topological polar surface area (TPSA) is 41.1 Å². The van der Waals surface area contributed by atoms with Crippen LogP contribution >= 0.6 is 0 Å². The molecule has 3 unspecified atom stereocenters. The molecule has 2 fully saturated rings. The van der Waals surface area contributed by atoms with Gasteiger partial charge in [0.1, 0.15) is 0 Å². The molecule has 2 aliphatic rings.